The van der Waals surface area contributed by atoms with E-state index in [4.69, 9.17) is 16.3 Å². The lowest BCUT2D eigenvalue weighted by atomic mass is 9.84. The lowest BCUT2D eigenvalue weighted by Gasteiger charge is -2.26. The Kier molecular flexibility index (Phi) is 6.51. The zero-order valence-corrected chi connectivity index (χ0v) is 12.4. The first-order valence-electron chi connectivity index (χ1n) is 6.60. The first-order chi connectivity index (χ1) is 8.60. The monoisotopic (exact) mass is 269 g/mol. The maximum atomic E-state index is 5.66. The van der Waals surface area contributed by atoms with E-state index in [0.717, 1.165) is 31.1 Å². The van der Waals surface area contributed by atoms with Crippen molar-refractivity contribution < 1.29 is 4.74 Å². The Balaban J connectivity index is 2.54. The summed E-state index contributed by atoms with van der Waals surface area (Å²) in [7, 11) is 0. The number of rotatable bonds is 8. The van der Waals surface area contributed by atoms with E-state index < -0.39 is 0 Å². The van der Waals surface area contributed by atoms with Crippen LogP contribution in [-0.2, 0) is 5.41 Å². The van der Waals surface area contributed by atoms with Crippen molar-refractivity contribution in [3.63, 3.8) is 0 Å². The van der Waals surface area contributed by atoms with Gasteiger partial charge in [0.05, 0.1) is 6.61 Å². The maximum Gasteiger partial charge on any atom is 0.119 e. The van der Waals surface area contributed by atoms with E-state index in [1.165, 1.54) is 5.56 Å². The molecule has 102 valence electrons. The summed E-state index contributed by atoms with van der Waals surface area (Å²) >= 11 is 5.66. The van der Waals surface area contributed by atoms with Crippen LogP contribution >= 0.6 is 11.6 Å². The number of halogens is 1. The van der Waals surface area contributed by atoms with E-state index in [-0.39, 0.29) is 5.41 Å². The summed E-state index contributed by atoms with van der Waals surface area (Å²) in [6, 6.07) is 8.38. The van der Waals surface area contributed by atoms with E-state index in [9.17, 15) is 0 Å². The van der Waals surface area contributed by atoms with Gasteiger partial charge in [-0.1, -0.05) is 26.0 Å². The average molecular weight is 270 g/mol. The third-order valence-electron chi connectivity index (χ3n) is 3.00. The van der Waals surface area contributed by atoms with Crippen LogP contribution in [0.5, 0.6) is 5.75 Å². The number of hydrogen-bond donors (Lipinski definition) is 1. The van der Waals surface area contributed by atoms with Crippen molar-refractivity contribution in [2.45, 2.75) is 32.6 Å². The van der Waals surface area contributed by atoms with Gasteiger partial charge in [-0.15, -0.1) is 11.6 Å². The van der Waals surface area contributed by atoms with E-state index in [1.807, 2.05) is 19.1 Å². The highest BCUT2D eigenvalue weighted by molar-refractivity contribution is 6.17. The normalized spacial score (nSPS) is 11.6. The summed E-state index contributed by atoms with van der Waals surface area (Å²) < 4.78 is 5.46. The SMILES string of the molecule is CCOc1ccc(C(C)(C)CNCCCCl)cc1. The molecule has 3 heteroatoms. The molecule has 0 amide bonds. The Bertz CT molecular complexity index is 335. The molecule has 0 saturated carbocycles. The molecule has 0 fully saturated rings. The first-order valence-corrected chi connectivity index (χ1v) is 7.13. The first kappa shape index (κ1) is 15.3. The van der Waals surface area contributed by atoms with Crippen LogP contribution in [0.25, 0.3) is 0 Å². The molecular weight excluding hydrogens is 246 g/mol. The minimum atomic E-state index is 0.122. The van der Waals surface area contributed by atoms with Gasteiger partial charge in [0.15, 0.2) is 0 Å². The maximum absolute atomic E-state index is 5.66. The van der Waals surface area contributed by atoms with Gasteiger partial charge >= 0.3 is 0 Å². The quantitative estimate of drug-likeness (QED) is 0.575. The Morgan fingerprint density at radius 3 is 2.44 bits per heavy atom. The molecule has 0 heterocycles. The second-order valence-corrected chi connectivity index (χ2v) is 5.44. The van der Waals surface area contributed by atoms with Crippen LogP contribution in [0.1, 0.15) is 32.8 Å². The fourth-order valence-corrected chi connectivity index (χ4v) is 2.00. The van der Waals surface area contributed by atoms with Gasteiger partial charge in [0.1, 0.15) is 5.75 Å². The Labute approximate surface area is 116 Å². The van der Waals surface area contributed by atoms with Crippen molar-refractivity contribution in [2.75, 3.05) is 25.6 Å². The molecule has 0 aliphatic carbocycles. The summed E-state index contributed by atoms with van der Waals surface area (Å²) in [5.74, 6) is 1.66. The van der Waals surface area contributed by atoms with E-state index in [1.54, 1.807) is 0 Å². The molecule has 0 spiro atoms. The third kappa shape index (κ3) is 4.87. The van der Waals surface area contributed by atoms with Crippen LogP contribution in [0, 0.1) is 0 Å². The van der Waals surface area contributed by atoms with Gasteiger partial charge in [0.2, 0.25) is 0 Å². The Morgan fingerprint density at radius 1 is 1.22 bits per heavy atom. The second-order valence-electron chi connectivity index (χ2n) is 5.06. The molecule has 2 nitrogen and oxygen atoms in total. The highest BCUT2D eigenvalue weighted by atomic mass is 35.5. The summed E-state index contributed by atoms with van der Waals surface area (Å²) in [4.78, 5) is 0. The van der Waals surface area contributed by atoms with Crippen molar-refractivity contribution in [2.24, 2.45) is 0 Å². The van der Waals surface area contributed by atoms with Gasteiger partial charge in [-0.3, -0.25) is 0 Å². The smallest absolute Gasteiger partial charge is 0.119 e. The molecule has 1 rings (SSSR count). The van der Waals surface area contributed by atoms with Gasteiger partial charge < -0.3 is 10.1 Å². The molecule has 0 unspecified atom stereocenters. The molecular formula is C15H24ClNO. The topological polar surface area (TPSA) is 21.3 Å². The third-order valence-corrected chi connectivity index (χ3v) is 3.27. The van der Waals surface area contributed by atoms with Crippen LogP contribution in [0.2, 0.25) is 0 Å². The fourth-order valence-electron chi connectivity index (χ4n) is 1.86. The number of benzene rings is 1. The highest BCUT2D eigenvalue weighted by Gasteiger charge is 2.19. The molecule has 1 N–H and O–H groups in total. The Morgan fingerprint density at radius 2 is 1.89 bits per heavy atom. The largest absolute Gasteiger partial charge is 0.494 e. The molecule has 1 aromatic carbocycles. The van der Waals surface area contributed by atoms with Crippen LogP contribution < -0.4 is 10.1 Å². The molecule has 0 aliphatic heterocycles. The summed E-state index contributed by atoms with van der Waals surface area (Å²) in [5.41, 5.74) is 1.45. The van der Waals surface area contributed by atoms with E-state index in [0.29, 0.717) is 6.61 Å². The predicted octanol–water partition coefficient (Wildman–Crippen LogP) is 3.58. The van der Waals surface area contributed by atoms with Gasteiger partial charge in [-0.25, -0.2) is 0 Å². The molecule has 0 atom stereocenters. The lowest BCUT2D eigenvalue weighted by Crippen LogP contribution is -2.33. The fraction of sp³-hybridized carbons (Fsp3) is 0.600. The number of nitrogens with one attached hydrogen (secondary N) is 1. The van der Waals surface area contributed by atoms with Gasteiger partial charge in [-0.05, 0) is 37.6 Å². The molecule has 0 aliphatic rings. The van der Waals surface area contributed by atoms with Crippen molar-refractivity contribution in [3.05, 3.63) is 29.8 Å². The van der Waals surface area contributed by atoms with Crippen molar-refractivity contribution >= 4 is 11.6 Å². The van der Waals surface area contributed by atoms with Gasteiger partial charge in [0.25, 0.3) is 0 Å². The van der Waals surface area contributed by atoms with Crippen molar-refractivity contribution in [1.82, 2.24) is 5.32 Å². The molecule has 0 aromatic heterocycles. The minimum Gasteiger partial charge on any atom is -0.494 e. The molecule has 18 heavy (non-hydrogen) atoms. The molecule has 0 bridgehead atoms. The standard InChI is InChI=1S/C15H24ClNO/c1-4-18-14-8-6-13(7-9-14)15(2,3)12-17-11-5-10-16/h6-9,17H,4-5,10-12H2,1-3H3. The highest BCUT2D eigenvalue weighted by Crippen LogP contribution is 2.24. The Hall–Kier alpha value is -0.730. The van der Waals surface area contributed by atoms with Crippen molar-refractivity contribution in [3.8, 4) is 5.75 Å². The summed E-state index contributed by atoms with van der Waals surface area (Å²) in [6.45, 7) is 9.13. The summed E-state index contributed by atoms with van der Waals surface area (Å²) in [6.07, 6.45) is 1.01. The van der Waals surface area contributed by atoms with Gasteiger partial charge in [0, 0.05) is 17.8 Å². The predicted molar refractivity (Wildman–Crippen MR) is 78.8 cm³/mol. The zero-order valence-electron chi connectivity index (χ0n) is 11.6. The minimum absolute atomic E-state index is 0.122. The number of alkyl halides is 1. The van der Waals surface area contributed by atoms with E-state index >= 15 is 0 Å². The zero-order chi connectivity index (χ0) is 13.4. The molecule has 0 radical (unpaired) electrons. The van der Waals surface area contributed by atoms with Crippen LogP contribution in [0.15, 0.2) is 24.3 Å². The summed E-state index contributed by atoms with van der Waals surface area (Å²) in [5, 5.41) is 3.45. The van der Waals surface area contributed by atoms with Crippen molar-refractivity contribution in [1.29, 1.82) is 0 Å². The van der Waals surface area contributed by atoms with Crippen LogP contribution in [0.3, 0.4) is 0 Å². The molecule has 0 saturated heterocycles. The lowest BCUT2D eigenvalue weighted by molar-refractivity contribution is 0.340. The van der Waals surface area contributed by atoms with E-state index in [2.05, 4.69) is 31.3 Å². The number of hydrogen-bond acceptors (Lipinski definition) is 2. The van der Waals surface area contributed by atoms with Crippen LogP contribution in [0.4, 0.5) is 0 Å². The number of ether oxygens (including phenoxy) is 1. The average Bonchev–Trinajstić information content (AvgIpc) is 2.36. The van der Waals surface area contributed by atoms with Gasteiger partial charge in [-0.2, -0.15) is 0 Å². The molecule has 1 aromatic rings. The second kappa shape index (κ2) is 7.65. The van der Waals surface area contributed by atoms with Crippen LogP contribution in [-0.4, -0.2) is 25.6 Å².